The minimum absolute atomic E-state index is 0.782. The molecule has 1 heterocycles. The quantitative estimate of drug-likeness (QED) is 0.800. The molecule has 1 aromatic carbocycles. The summed E-state index contributed by atoms with van der Waals surface area (Å²) in [6.07, 6.45) is 5.19. The minimum Gasteiger partial charge on any atom is -0.330 e. The number of unbranched alkanes of at least 4 members (excludes halogenated alkanes) is 1. The number of nitrogens with zero attached hydrogens (tertiary/aromatic N) is 2. The molecule has 0 atom stereocenters. The Morgan fingerprint density at radius 2 is 1.88 bits per heavy atom. The van der Waals surface area contributed by atoms with Crippen molar-refractivity contribution in [1.29, 1.82) is 0 Å². The second kappa shape index (κ2) is 5.64. The highest BCUT2D eigenvalue weighted by atomic mass is 15.3. The van der Waals surface area contributed by atoms with Crippen molar-refractivity contribution < 1.29 is 0 Å². The monoisotopic (exact) mass is 229 g/mol. The van der Waals surface area contributed by atoms with E-state index >= 15 is 0 Å². The first-order chi connectivity index (χ1) is 8.31. The molecule has 2 aromatic rings. The molecular formula is C14H19N3. The van der Waals surface area contributed by atoms with Gasteiger partial charge in [-0.15, -0.1) is 0 Å². The predicted molar refractivity (Wildman–Crippen MR) is 70.3 cm³/mol. The van der Waals surface area contributed by atoms with Gasteiger partial charge >= 0.3 is 0 Å². The lowest BCUT2D eigenvalue weighted by molar-refractivity contribution is 0.744. The summed E-state index contributed by atoms with van der Waals surface area (Å²) < 4.78 is 1.95. The molecule has 0 saturated carbocycles. The van der Waals surface area contributed by atoms with Gasteiger partial charge in [0.25, 0.3) is 0 Å². The zero-order valence-electron chi connectivity index (χ0n) is 10.3. The van der Waals surface area contributed by atoms with Crippen LogP contribution in [0.3, 0.4) is 0 Å². The summed E-state index contributed by atoms with van der Waals surface area (Å²) in [5.41, 5.74) is 9.13. The maximum Gasteiger partial charge on any atom is 0.0648 e. The molecule has 0 amide bonds. The van der Waals surface area contributed by atoms with E-state index in [1.807, 2.05) is 16.9 Å². The molecule has 17 heavy (non-hydrogen) atoms. The van der Waals surface area contributed by atoms with Crippen LogP contribution >= 0.6 is 0 Å². The van der Waals surface area contributed by atoms with Crippen molar-refractivity contribution in [2.24, 2.45) is 5.73 Å². The molecule has 0 aliphatic rings. The number of hydrogen-bond donors (Lipinski definition) is 1. The fraction of sp³-hybridized carbons (Fsp3) is 0.357. The highest BCUT2D eigenvalue weighted by molar-refractivity contribution is 5.35. The molecular weight excluding hydrogens is 210 g/mol. The average molecular weight is 229 g/mol. The van der Waals surface area contributed by atoms with E-state index in [4.69, 9.17) is 5.73 Å². The van der Waals surface area contributed by atoms with E-state index < -0.39 is 0 Å². The van der Waals surface area contributed by atoms with Crippen LogP contribution in [0.4, 0.5) is 0 Å². The van der Waals surface area contributed by atoms with Crippen molar-refractivity contribution in [3.8, 4) is 5.69 Å². The Kier molecular flexibility index (Phi) is 3.94. The molecule has 3 nitrogen and oxygen atoms in total. The number of aryl methyl sites for hydroxylation is 2. The Morgan fingerprint density at radius 3 is 2.47 bits per heavy atom. The molecule has 0 bridgehead atoms. The van der Waals surface area contributed by atoms with E-state index in [0.29, 0.717) is 0 Å². The lowest BCUT2D eigenvalue weighted by Gasteiger charge is -2.06. The Bertz CT molecular complexity index is 457. The predicted octanol–water partition coefficient (Wildman–Crippen LogP) is 2.46. The lowest BCUT2D eigenvalue weighted by Crippen LogP contribution is -2.00. The van der Waals surface area contributed by atoms with E-state index in [1.54, 1.807) is 0 Å². The van der Waals surface area contributed by atoms with Gasteiger partial charge in [-0.1, -0.05) is 12.1 Å². The molecule has 0 spiro atoms. The Hall–Kier alpha value is -1.61. The maximum atomic E-state index is 5.49. The third-order valence-corrected chi connectivity index (χ3v) is 2.93. The largest absolute Gasteiger partial charge is 0.330 e. The minimum atomic E-state index is 0.782. The molecule has 2 N–H and O–H groups in total. The molecule has 3 heteroatoms. The summed E-state index contributed by atoms with van der Waals surface area (Å²) in [5, 5.41) is 4.29. The summed E-state index contributed by atoms with van der Waals surface area (Å²) in [5.74, 6) is 0. The number of rotatable bonds is 5. The Morgan fingerprint density at radius 1 is 1.12 bits per heavy atom. The van der Waals surface area contributed by atoms with Gasteiger partial charge in [-0.3, -0.25) is 0 Å². The van der Waals surface area contributed by atoms with Gasteiger partial charge in [-0.25, -0.2) is 4.68 Å². The first-order valence-electron chi connectivity index (χ1n) is 6.11. The van der Waals surface area contributed by atoms with E-state index in [1.165, 1.54) is 5.56 Å². The van der Waals surface area contributed by atoms with Crippen LogP contribution in [-0.2, 0) is 6.42 Å². The van der Waals surface area contributed by atoms with Gasteiger partial charge in [0.1, 0.15) is 0 Å². The molecule has 0 unspecified atom stereocenters. The van der Waals surface area contributed by atoms with Gasteiger partial charge in [0.2, 0.25) is 0 Å². The van der Waals surface area contributed by atoms with Gasteiger partial charge in [0.05, 0.1) is 5.69 Å². The molecule has 0 aliphatic heterocycles. The van der Waals surface area contributed by atoms with Crippen LogP contribution in [0.1, 0.15) is 24.1 Å². The van der Waals surface area contributed by atoms with Gasteiger partial charge in [0.15, 0.2) is 0 Å². The Balaban J connectivity index is 2.06. The molecule has 0 aliphatic carbocycles. The van der Waals surface area contributed by atoms with Crippen LogP contribution in [0.15, 0.2) is 36.5 Å². The van der Waals surface area contributed by atoms with E-state index in [2.05, 4.69) is 36.3 Å². The van der Waals surface area contributed by atoms with Gasteiger partial charge in [-0.05, 0) is 56.5 Å². The normalized spacial score (nSPS) is 10.7. The second-order valence-corrected chi connectivity index (χ2v) is 4.30. The van der Waals surface area contributed by atoms with E-state index in [-0.39, 0.29) is 0 Å². The molecule has 0 saturated heterocycles. The summed E-state index contributed by atoms with van der Waals surface area (Å²) in [6, 6.07) is 10.6. The van der Waals surface area contributed by atoms with Crippen LogP contribution in [0.25, 0.3) is 5.69 Å². The first kappa shape index (κ1) is 11.9. The number of aromatic nitrogens is 2. The third-order valence-electron chi connectivity index (χ3n) is 2.93. The first-order valence-corrected chi connectivity index (χ1v) is 6.11. The average Bonchev–Trinajstić information content (AvgIpc) is 2.77. The highest BCUT2D eigenvalue weighted by Crippen LogP contribution is 2.12. The summed E-state index contributed by atoms with van der Waals surface area (Å²) in [7, 11) is 0. The van der Waals surface area contributed by atoms with E-state index in [0.717, 1.165) is 37.2 Å². The summed E-state index contributed by atoms with van der Waals surface area (Å²) in [6.45, 7) is 2.84. The van der Waals surface area contributed by atoms with Gasteiger partial charge < -0.3 is 5.73 Å². The fourth-order valence-electron chi connectivity index (χ4n) is 1.92. The summed E-state index contributed by atoms with van der Waals surface area (Å²) in [4.78, 5) is 0. The van der Waals surface area contributed by atoms with Crippen LogP contribution in [0, 0.1) is 6.92 Å². The number of benzene rings is 1. The standard InChI is InChI=1S/C14H19N3/c1-12-9-11-16-17(12)14-7-5-13(6-8-14)4-2-3-10-15/h5-9,11H,2-4,10,15H2,1H3. The molecule has 0 radical (unpaired) electrons. The van der Waals surface area contributed by atoms with Crippen LogP contribution in [0.5, 0.6) is 0 Å². The van der Waals surface area contributed by atoms with Crippen LogP contribution in [0.2, 0.25) is 0 Å². The van der Waals surface area contributed by atoms with Crippen molar-refractivity contribution in [2.75, 3.05) is 6.54 Å². The number of hydrogen-bond acceptors (Lipinski definition) is 2. The van der Waals surface area contributed by atoms with Crippen molar-refractivity contribution in [2.45, 2.75) is 26.2 Å². The molecule has 0 fully saturated rings. The third kappa shape index (κ3) is 2.94. The molecule has 90 valence electrons. The Labute approximate surface area is 102 Å². The van der Waals surface area contributed by atoms with Gasteiger partial charge in [-0.2, -0.15) is 5.10 Å². The lowest BCUT2D eigenvalue weighted by atomic mass is 10.1. The molecule has 2 rings (SSSR count). The van der Waals surface area contributed by atoms with Crippen molar-refractivity contribution >= 4 is 0 Å². The number of nitrogens with two attached hydrogens (primary N) is 1. The summed E-state index contributed by atoms with van der Waals surface area (Å²) >= 11 is 0. The maximum absolute atomic E-state index is 5.49. The van der Waals surface area contributed by atoms with Crippen LogP contribution in [-0.4, -0.2) is 16.3 Å². The van der Waals surface area contributed by atoms with Crippen LogP contribution < -0.4 is 5.73 Å². The van der Waals surface area contributed by atoms with Crippen molar-refractivity contribution in [3.05, 3.63) is 47.8 Å². The topological polar surface area (TPSA) is 43.8 Å². The van der Waals surface area contributed by atoms with Gasteiger partial charge in [0, 0.05) is 11.9 Å². The SMILES string of the molecule is Cc1ccnn1-c1ccc(CCCCN)cc1. The zero-order valence-corrected chi connectivity index (χ0v) is 10.3. The fourth-order valence-corrected chi connectivity index (χ4v) is 1.92. The second-order valence-electron chi connectivity index (χ2n) is 4.30. The van der Waals surface area contributed by atoms with Crippen molar-refractivity contribution in [3.63, 3.8) is 0 Å². The zero-order chi connectivity index (χ0) is 12.1. The van der Waals surface area contributed by atoms with Crippen molar-refractivity contribution in [1.82, 2.24) is 9.78 Å². The molecule has 1 aromatic heterocycles. The highest BCUT2D eigenvalue weighted by Gasteiger charge is 2.00. The van der Waals surface area contributed by atoms with E-state index in [9.17, 15) is 0 Å². The smallest absolute Gasteiger partial charge is 0.0648 e.